The fraction of sp³-hybridized carbons (Fsp3) is 0.267. The first-order valence-corrected chi connectivity index (χ1v) is 15.6. The van der Waals surface area contributed by atoms with Crippen LogP contribution in [0.5, 0.6) is 5.75 Å². The summed E-state index contributed by atoms with van der Waals surface area (Å²) in [7, 11) is -4.66. The number of hydrogen-bond donors (Lipinski definition) is 1. The molecule has 232 valence electrons. The smallest absolute Gasteiger partial charge is 0.346 e. The summed E-state index contributed by atoms with van der Waals surface area (Å²) >= 11 is 12.0. The summed E-state index contributed by atoms with van der Waals surface area (Å²) in [5.74, 6) is -0.483. The lowest BCUT2D eigenvalue weighted by atomic mass is 10.2. The number of aromatic nitrogens is 2. The highest BCUT2D eigenvalue weighted by Crippen LogP contribution is 2.20. The zero-order chi connectivity index (χ0) is 32.2. The molecule has 14 heteroatoms. The molecular weight excluding hydrogens is 633 g/mol. The Morgan fingerprint density at radius 3 is 2.18 bits per heavy atom. The molecule has 11 nitrogen and oxygen atoms in total. The van der Waals surface area contributed by atoms with E-state index in [4.69, 9.17) is 32.7 Å². The molecular formula is C30H29Cl2N3O8S. The first-order chi connectivity index (χ1) is 20.7. The average molecular weight is 663 g/mol. The molecule has 4 aromatic rings. The molecule has 3 aromatic carbocycles. The summed E-state index contributed by atoms with van der Waals surface area (Å²) < 4.78 is 38.7. The van der Waals surface area contributed by atoms with Gasteiger partial charge < -0.3 is 14.8 Å². The van der Waals surface area contributed by atoms with Crippen LogP contribution in [0.2, 0.25) is 10.0 Å². The number of halogens is 2. The normalized spacial score (nSPS) is 11.8. The fourth-order valence-electron chi connectivity index (χ4n) is 4.17. The van der Waals surface area contributed by atoms with Crippen molar-refractivity contribution in [3.63, 3.8) is 0 Å². The van der Waals surface area contributed by atoms with Gasteiger partial charge in [0, 0.05) is 22.2 Å². The van der Waals surface area contributed by atoms with E-state index in [1.54, 1.807) is 45.0 Å². The topological polar surface area (TPSA) is 143 Å². The second kappa shape index (κ2) is 13.2. The van der Waals surface area contributed by atoms with Crippen molar-refractivity contribution in [2.24, 2.45) is 0 Å². The van der Waals surface area contributed by atoms with E-state index in [0.717, 1.165) is 4.57 Å². The second-order valence-electron chi connectivity index (χ2n) is 10.7. The van der Waals surface area contributed by atoms with Crippen molar-refractivity contribution in [2.45, 2.75) is 50.7 Å². The van der Waals surface area contributed by atoms with Crippen molar-refractivity contribution < 1.29 is 27.5 Å². The highest BCUT2D eigenvalue weighted by atomic mass is 35.5. The maximum absolute atomic E-state index is 13.5. The summed E-state index contributed by atoms with van der Waals surface area (Å²) in [5.41, 5.74) is -2.53. The third-order valence-corrected chi connectivity index (χ3v) is 8.23. The average Bonchev–Trinajstić information content (AvgIpc) is 2.93. The monoisotopic (exact) mass is 661 g/mol. The number of carbonyl (C=O) groups excluding carboxylic acids is 2. The maximum atomic E-state index is 13.5. The highest BCUT2D eigenvalue weighted by Gasteiger charge is 2.26. The summed E-state index contributed by atoms with van der Waals surface area (Å²) in [5, 5.41) is 2.94. The van der Waals surface area contributed by atoms with E-state index >= 15 is 0 Å². The molecule has 0 saturated heterocycles. The number of hydrogen-bond acceptors (Lipinski definition) is 8. The van der Waals surface area contributed by atoms with Crippen LogP contribution >= 0.6 is 23.2 Å². The van der Waals surface area contributed by atoms with Gasteiger partial charge in [-0.3, -0.25) is 19.0 Å². The Hall–Kier alpha value is -4.13. The molecule has 0 fully saturated rings. The van der Waals surface area contributed by atoms with Gasteiger partial charge in [-0.25, -0.2) is 13.2 Å². The Bertz CT molecular complexity index is 1930. The quantitative estimate of drug-likeness (QED) is 0.188. The molecule has 0 spiro atoms. The van der Waals surface area contributed by atoms with E-state index < -0.39 is 39.3 Å². The number of anilines is 1. The number of carbonyl (C=O) groups is 2. The molecule has 1 N–H and O–H groups in total. The number of benzene rings is 3. The second-order valence-corrected chi connectivity index (χ2v) is 13.3. The predicted octanol–water partition coefficient (Wildman–Crippen LogP) is 4.85. The molecule has 1 heterocycles. The van der Waals surface area contributed by atoms with Crippen LogP contribution in [0.25, 0.3) is 10.9 Å². The van der Waals surface area contributed by atoms with Gasteiger partial charge in [-0.1, -0.05) is 23.2 Å². The van der Waals surface area contributed by atoms with Crippen molar-refractivity contribution in [1.82, 2.24) is 8.54 Å². The van der Waals surface area contributed by atoms with Crippen LogP contribution in [-0.2, 0) is 30.9 Å². The molecule has 44 heavy (non-hydrogen) atoms. The molecule has 0 radical (unpaired) electrons. The van der Waals surface area contributed by atoms with Crippen LogP contribution in [0.4, 0.5) is 5.69 Å². The van der Waals surface area contributed by atoms with Gasteiger partial charge in [0.05, 0.1) is 22.4 Å². The number of esters is 1. The minimum absolute atomic E-state index is 0.0136. The van der Waals surface area contributed by atoms with Crippen LogP contribution in [0, 0.1) is 0 Å². The van der Waals surface area contributed by atoms with E-state index in [-0.39, 0.29) is 48.8 Å². The Kier molecular flexibility index (Phi) is 9.87. The first-order valence-electron chi connectivity index (χ1n) is 13.4. The van der Waals surface area contributed by atoms with Crippen LogP contribution in [0.1, 0.15) is 33.6 Å². The Labute approximate surface area is 263 Å². The van der Waals surface area contributed by atoms with Gasteiger partial charge in [0.1, 0.15) is 17.9 Å². The molecule has 0 aliphatic carbocycles. The Morgan fingerprint density at radius 1 is 0.909 bits per heavy atom. The zero-order valence-electron chi connectivity index (χ0n) is 24.0. The highest BCUT2D eigenvalue weighted by molar-refractivity contribution is 7.90. The molecule has 0 aliphatic heterocycles. The molecule has 1 amide bonds. The Morgan fingerprint density at radius 2 is 1.55 bits per heavy atom. The molecule has 0 atom stereocenters. The zero-order valence-corrected chi connectivity index (χ0v) is 26.3. The van der Waals surface area contributed by atoms with E-state index in [0.29, 0.717) is 17.9 Å². The standard InChI is InChI=1S/C30H29Cl2N3O8S/c1-30(2,3)43-27(37)5-4-16-42-22-11-9-21(10-12-22)33-26(36)18-34-25-17-20(32)8-15-24(25)28(38)35(29(34)39)44(40,41)23-13-6-19(31)7-14-23/h6-15,17H,4-5,16,18H2,1-3H3,(H,33,36). The van der Waals surface area contributed by atoms with E-state index in [1.165, 1.54) is 42.5 Å². The van der Waals surface area contributed by atoms with Gasteiger partial charge in [0.15, 0.2) is 0 Å². The third-order valence-electron chi connectivity index (χ3n) is 6.08. The van der Waals surface area contributed by atoms with Crippen molar-refractivity contribution in [3.05, 3.63) is 97.6 Å². The number of fused-ring (bicyclic) bond motifs is 1. The van der Waals surface area contributed by atoms with Gasteiger partial charge in [0.2, 0.25) is 5.91 Å². The van der Waals surface area contributed by atoms with E-state index in [2.05, 4.69) is 5.32 Å². The predicted molar refractivity (Wildman–Crippen MR) is 167 cm³/mol. The SMILES string of the molecule is CC(C)(C)OC(=O)CCCOc1ccc(NC(=O)Cn2c(=O)n(S(=O)(=O)c3ccc(Cl)cc3)c(=O)c3ccc(Cl)cc32)cc1. The lowest BCUT2D eigenvalue weighted by Gasteiger charge is -2.19. The van der Waals surface area contributed by atoms with Crippen molar-refractivity contribution in [3.8, 4) is 5.75 Å². The largest absolute Gasteiger partial charge is 0.494 e. The van der Waals surface area contributed by atoms with Crippen LogP contribution in [-0.4, -0.2) is 41.0 Å². The molecule has 4 rings (SSSR count). The summed E-state index contributed by atoms with van der Waals surface area (Å²) in [4.78, 5) is 51.3. The minimum Gasteiger partial charge on any atom is -0.494 e. The summed E-state index contributed by atoms with van der Waals surface area (Å²) in [6, 6.07) is 15.3. The van der Waals surface area contributed by atoms with Gasteiger partial charge in [0.25, 0.3) is 15.6 Å². The van der Waals surface area contributed by atoms with Crippen LogP contribution < -0.4 is 21.3 Å². The van der Waals surface area contributed by atoms with E-state index in [1.807, 2.05) is 0 Å². The van der Waals surface area contributed by atoms with Crippen molar-refractivity contribution >= 4 is 61.7 Å². The van der Waals surface area contributed by atoms with Gasteiger partial charge in [-0.15, -0.1) is 3.97 Å². The number of ether oxygens (including phenoxy) is 2. The number of rotatable bonds is 10. The summed E-state index contributed by atoms with van der Waals surface area (Å²) in [6.45, 7) is 5.03. The Balaban J connectivity index is 1.53. The number of amides is 1. The number of nitrogens with zero attached hydrogens (tertiary/aromatic N) is 2. The first kappa shape index (κ1) is 32.8. The number of nitrogens with one attached hydrogen (secondary N) is 1. The van der Waals surface area contributed by atoms with Gasteiger partial charge in [-0.05, 0) is 93.9 Å². The maximum Gasteiger partial charge on any atom is 0.346 e. The molecule has 0 aliphatic rings. The lowest BCUT2D eigenvalue weighted by Crippen LogP contribution is -2.45. The lowest BCUT2D eigenvalue weighted by molar-refractivity contribution is -0.155. The fourth-order valence-corrected chi connectivity index (χ4v) is 5.78. The van der Waals surface area contributed by atoms with Crippen LogP contribution in [0.15, 0.2) is 81.2 Å². The van der Waals surface area contributed by atoms with Crippen molar-refractivity contribution in [2.75, 3.05) is 11.9 Å². The van der Waals surface area contributed by atoms with Gasteiger partial charge in [-0.2, -0.15) is 0 Å². The van der Waals surface area contributed by atoms with Crippen molar-refractivity contribution in [1.29, 1.82) is 0 Å². The third kappa shape index (κ3) is 7.87. The molecule has 1 aromatic heterocycles. The summed E-state index contributed by atoms with van der Waals surface area (Å²) in [6.07, 6.45) is 0.662. The minimum atomic E-state index is -4.66. The van der Waals surface area contributed by atoms with Crippen LogP contribution in [0.3, 0.4) is 0 Å². The molecule has 0 bridgehead atoms. The molecule has 0 saturated carbocycles. The molecule has 0 unspecified atom stereocenters. The van der Waals surface area contributed by atoms with Gasteiger partial charge >= 0.3 is 11.7 Å². The van der Waals surface area contributed by atoms with E-state index in [9.17, 15) is 27.6 Å².